The Balaban J connectivity index is 2.19. The lowest BCUT2D eigenvalue weighted by Gasteiger charge is -2.25. The molecule has 1 saturated heterocycles. The van der Waals surface area contributed by atoms with E-state index in [1.54, 1.807) is 19.2 Å². The number of carbonyl (C=O) groups is 1. The van der Waals surface area contributed by atoms with Crippen molar-refractivity contribution < 1.29 is 18.0 Å². The molecule has 1 N–H and O–H groups in total. The number of benzene rings is 1. The number of likely N-dealkylation sites (N-methyl/N-ethyl adjacent to an activating group) is 1. The van der Waals surface area contributed by atoms with Gasteiger partial charge in [-0.3, -0.25) is 4.79 Å². The summed E-state index contributed by atoms with van der Waals surface area (Å²) in [5.41, 5.74) is -0.0694. The first-order valence-electron chi connectivity index (χ1n) is 6.69. The summed E-state index contributed by atoms with van der Waals surface area (Å²) in [6.45, 7) is 3.80. The van der Waals surface area contributed by atoms with Crippen LogP contribution in [0.15, 0.2) is 30.8 Å². The minimum absolute atomic E-state index is 0.0435. The van der Waals surface area contributed by atoms with Crippen molar-refractivity contribution in [2.24, 2.45) is 0 Å². The number of nitrogens with zero attached hydrogens (tertiary/aromatic N) is 1. The molecule has 0 aliphatic carbocycles. The van der Waals surface area contributed by atoms with E-state index in [4.69, 9.17) is 0 Å². The molecule has 0 bridgehead atoms. The van der Waals surface area contributed by atoms with Crippen molar-refractivity contribution in [2.75, 3.05) is 18.5 Å². The number of halogens is 3. The molecular weight excluding hydrogens is 281 g/mol. The van der Waals surface area contributed by atoms with Gasteiger partial charge in [0.1, 0.15) is 6.04 Å². The Hall–Kier alpha value is -1.98. The van der Waals surface area contributed by atoms with Gasteiger partial charge < -0.3 is 10.2 Å². The van der Waals surface area contributed by atoms with Gasteiger partial charge in [-0.05, 0) is 30.5 Å². The molecule has 0 spiro atoms. The number of amides is 1. The average molecular weight is 298 g/mol. The van der Waals surface area contributed by atoms with Gasteiger partial charge in [0.2, 0.25) is 5.91 Å². The number of nitrogens with one attached hydrogen (secondary N) is 1. The lowest BCUT2D eigenvalue weighted by atomic mass is 10.1. The quantitative estimate of drug-likeness (QED) is 0.930. The molecule has 0 aromatic heterocycles. The first-order valence-corrected chi connectivity index (χ1v) is 6.69. The zero-order valence-electron chi connectivity index (χ0n) is 11.7. The molecule has 2 rings (SSSR count). The normalized spacial score (nSPS) is 18.7. The molecule has 0 radical (unpaired) electrons. The summed E-state index contributed by atoms with van der Waals surface area (Å²) in [5.74, 6) is -0.0729. The summed E-state index contributed by atoms with van der Waals surface area (Å²) >= 11 is 0. The van der Waals surface area contributed by atoms with Crippen LogP contribution in [0.3, 0.4) is 0 Å². The van der Waals surface area contributed by atoms with E-state index >= 15 is 0 Å². The lowest BCUT2D eigenvalue weighted by molar-refractivity contribution is -0.121. The van der Waals surface area contributed by atoms with E-state index in [1.165, 1.54) is 12.1 Å². The third-order valence-corrected chi connectivity index (χ3v) is 3.69. The van der Waals surface area contributed by atoms with Crippen molar-refractivity contribution in [2.45, 2.75) is 25.1 Å². The van der Waals surface area contributed by atoms with E-state index in [2.05, 4.69) is 11.9 Å². The molecule has 6 heteroatoms. The number of rotatable bonds is 3. The fraction of sp³-hybridized carbons (Fsp3) is 0.400. The van der Waals surface area contributed by atoms with Crippen molar-refractivity contribution in [1.82, 2.24) is 5.32 Å². The molecule has 1 amide bonds. The number of alkyl halides is 3. The molecule has 1 atom stereocenters. The van der Waals surface area contributed by atoms with E-state index in [0.717, 1.165) is 25.1 Å². The van der Waals surface area contributed by atoms with Gasteiger partial charge >= 0.3 is 6.18 Å². The molecule has 114 valence electrons. The summed E-state index contributed by atoms with van der Waals surface area (Å²) in [6.07, 6.45) is -2.80. The van der Waals surface area contributed by atoms with Crippen molar-refractivity contribution in [3.63, 3.8) is 0 Å². The highest BCUT2D eigenvalue weighted by Crippen LogP contribution is 2.33. The van der Waals surface area contributed by atoms with E-state index in [1.807, 2.05) is 4.90 Å². The van der Waals surface area contributed by atoms with Gasteiger partial charge in [-0.2, -0.15) is 13.2 Å². The first-order chi connectivity index (χ1) is 9.84. The second-order valence-corrected chi connectivity index (χ2v) is 4.99. The molecule has 1 aromatic carbocycles. The maximum Gasteiger partial charge on any atom is 0.416 e. The van der Waals surface area contributed by atoms with E-state index < -0.39 is 11.7 Å². The summed E-state index contributed by atoms with van der Waals surface area (Å²) in [5, 5.41) is 2.61. The minimum atomic E-state index is -4.43. The van der Waals surface area contributed by atoms with Crippen molar-refractivity contribution in [1.29, 1.82) is 0 Å². The molecule has 1 unspecified atom stereocenters. The van der Waals surface area contributed by atoms with Crippen LogP contribution in [-0.2, 0) is 4.79 Å². The van der Waals surface area contributed by atoms with Gasteiger partial charge in [-0.25, -0.2) is 0 Å². The van der Waals surface area contributed by atoms with Crippen LogP contribution in [-0.4, -0.2) is 31.7 Å². The van der Waals surface area contributed by atoms with Crippen molar-refractivity contribution in [3.8, 4) is 0 Å². The SMILES string of the molecule is C=C(c1ccc(N2CCCC2C(=O)NC)cc1)C(F)(F)F. The fourth-order valence-electron chi connectivity index (χ4n) is 2.53. The highest BCUT2D eigenvalue weighted by molar-refractivity contribution is 5.85. The second kappa shape index (κ2) is 5.79. The van der Waals surface area contributed by atoms with Gasteiger partial charge in [-0.1, -0.05) is 18.7 Å². The molecular formula is C15H17F3N2O. The molecule has 3 nitrogen and oxygen atoms in total. The van der Waals surface area contributed by atoms with Crippen LogP contribution in [0.4, 0.5) is 18.9 Å². The number of hydrogen-bond acceptors (Lipinski definition) is 2. The number of hydrogen-bond donors (Lipinski definition) is 1. The average Bonchev–Trinajstić information content (AvgIpc) is 2.94. The van der Waals surface area contributed by atoms with Crippen LogP contribution in [0.5, 0.6) is 0 Å². The Labute approximate surface area is 121 Å². The Morgan fingerprint density at radius 3 is 2.48 bits per heavy atom. The van der Waals surface area contributed by atoms with Crippen LogP contribution < -0.4 is 10.2 Å². The molecule has 1 heterocycles. The van der Waals surface area contributed by atoms with E-state index in [9.17, 15) is 18.0 Å². The van der Waals surface area contributed by atoms with Gasteiger partial charge in [0, 0.05) is 19.3 Å². The van der Waals surface area contributed by atoms with Crippen LogP contribution in [0.2, 0.25) is 0 Å². The fourth-order valence-corrected chi connectivity index (χ4v) is 2.53. The Bertz CT molecular complexity index is 537. The summed E-state index contributed by atoms with van der Waals surface area (Å²) < 4.78 is 37.8. The monoisotopic (exact) mass is 298 g/mol. The van der Waals surface area contributed by atoms with E-state index in [-0.39, 0.29) is 17.5 Å². The highest BCUT2D eigenvalue weighted by atomic mass is 19.4. The number of carbonyl (C=O) groups excluding carboxylic acids is 1. The van der Waals surface area contributed by atoms with Gasteiger partial charge in [0.15, 0.2) is 0 Å². The van der Waals surface area contributed by atoms with Crippen LogP contribution >= 0.6 is 0 Å². The smallest absolute Gasteiger partial charge is 0.360 e. The van der Waals surface area contributed by atoms with Crippen molar-refractivity contribution >= 4 is 17.2 Å². The predicted molar refractivity (Wildman–Crippen MR) is 76.0 cm³/mol. The molecule has 21 heavy (non-hydrogen) atoms. The largest absolute Gasteiger partial charge is 0.416 e. The lowest BCUT2D eigenvalue weighted by Crippen LogP contribution is -2.41. The van der Waals surface area contributed by atoms with Gasteiger partial charge in [0.05, 0.1) is 5.57 Å². The summed E-state index contributed by atoms with van der Waals surface area (Å²) in [7, 11) is 1.58. The zero-order valence-corrected chi connectivity index (χ0v) is 11.7. The van der Waals surface area contributed by atoms with Crippen LogP contribution in [0.1, 0.15) is 18.4 Å². The first kappa shape index (κ1) is 15.4. The molecule has 1 fully saturated rings. The molecule has 1 aliphatic heterocycles. The molecule has 1 aliphatic rings. The Kier molecular flexibility index (Phi) is 4.25. The molecule has 0 saturated carbocycles. The zero-order chi connectivity index (χ0) is 15.6. The Morgan fingerprint density at radius 1 is 1.33 bits per heavy atom. The second-order valence-electron chi connectivity index (χ2n) is 4.99. The third-order valence-electron chi connectivity index (χ3n) is 3.69. The van der Waals surface area contributed by atoms with E-state index in [0.29, 0.717) is 0 Å². The van der Waals surface area contributed by atoms with Gasteiger partial charge in [-0.15, -0.1) is 0 Å². The number of anilines is 1. The maximum absolute atomic E-state index is 12.6. The van der Waals surface area contributed by atoms with Crippen molar-refractivity contribution in [3.05, 3.63) is 36.4 Å². The predicted octanol–water partition coefficient (Wildman–Crippen LogP) is 2.98. The van der Waals surface area contributed by atoms with Crippen LogP contribution in [0.25, 0.3) is 5.57 Å². The minimum Gasteiger partial charge on any atom is -0.360 e. The third kappa shape index (κ3) is 3.20. The Morgan fingerprint density at radius 2 is 1.95 bits per heavy atom. The summed E-state index contributed by atoms with van der Waals surface area (Å²) in [6, 6.07) is 5.74. The molecule has 1 aromatic rings. The maximum atomic E-state index is 12.6. The van der Waals surface area contributed by atoms with Crippen LogP contribution in [0, 0.1) is 0 Å². The highest BCUT2D eigenvalue weighted by Gasteiger charge is 2.33. The number of allylic oxidation sites excluding steroid dienone is 1. The van der Waals surface area contributed by atoms with Gasteiger partial charge in [0.25, 0.3) is 0 Å². The summed E-state index contributed by atoms with van der Waals surface area (Å²) in [4.78, 5) is 13.7. The topological polar surface area (TPSA) is 32.3 Å². The standard InChI is InChI=1S/C15H17F3N2O/c1-10(15(16,17)18)11-5-7-12(8-6-11)20-9-3-4-13(20)14(21)19-2/h5-8,13H,1,3-4,9H2,2H3,(H,19,21).